The highest BCUT2D eigenvalue weighted by molar-refractivity contribution is 6.33. The van der Waals surface area contributed by atoms with Gasteiger partial charge in [-0.15, -0.1) is 0 Å². The Labute approximate surface area is 214 Å². The first-order valence-electron chi connectivity index (χ1n) is 12.0. The number of ether oxygens (including phenoxy) is 1. The summed E-state index contributed by atoms with van der Waals surface area (Å²) < 4.78 is 5.34. The molecule has 0 bridgehead atoms. The number of aromatic nitrogens is 2. The van der Waals surface area contributed by atoms with Gasteiger partial charge in [-0.2, -0.15) is 4.98 Å². The van der Waals surface area contributed by atoms with E-state index in [1.807, 2.05) is 24.3 Å². The largest absolute Gasteiger partial charge is 0.381 e. The highest BCUT2D eigenvalue weighted by Gasteiger charge is 2.30. The zero-order valence-electron chi connectivity index (χ0n) is 19.6. The van der Waals surface area contributed by atoms with Crippen molar-refractivity contribution in [1.82, 2.24) is 15.3 Å². The molecule has 4 N–H and O–H groups in total. The minimum absolute atomic E-state index is 0.0188. The van der Waals surface area contributed by atoms with E-state index < -0.39 is 0 Å². The van der Waals surface area contributed by atoms with Crippen molar-refractivity contribution >= 4 is 52.2 Å². The van der Waals surface area contributed by atoms with Crippen LogP contribution in [0.4, 0.5) is 28.8 Å². The van der Waals surface area contributed by atoms with Crippen LogP contribution in [-0.2, 0) is 9.53 Å². The summed E-state index contributed by atoms with van der Waals surface area (Å²) in [5, 5.41) is 12.7. The fraction of sp³-hybridized carbons (Fsp3) is 0.308. The van der Waals surface area contributed by atoms with E-state index in [1.54, 1.807) is 24.3 Å². The third-order valence-electron chi connectivity index (χ3n) is 6.09. The second-order valence-corrected chi connectivity index (χ2v) is 9.29. The molecule has 9 nitrogen and oxygen atoms in total. The lowest BCUT2D eigenvalue weighted by molar-refractivity contribution is -0.117. The molecule has 0 radical (unpaired) electrons. The van der Waals surface area contributed by atoms with Gasteiger partial charge in [-0.3, -0.25) is 9.59 Å². The van der Waals surface area contributed by atoms with Gasteiger partial charge in [-0.25, -0.2) is 4.98 Å². The summed E-state index contributed by atoms with van der Waals surface area (Å²) >= 11 is 6.35. The Morgan fingerprint density at radius 3 is 2.36 bits per heavy atom. The maximum absolute atomic E-state index is 12.5. The number of hydrogen-bond donors (Lipinski definition) is 4. The Morgan fingerprint density at radius 2 is 1.64 bits per heavy atom. The quantitative estimate of drug-likeness (QED) is 0.344. The molecule has 0 spiro atoms. The third-order valence-corrected chi connectivity index (χ3v) is 6.37. The number of halogens is 1. The normalized spacial score (nSPS) is 15.7. The first-order chi connectivity index (χ1) is 17.5. The van der Waals surface area contributed by atoms with Gasteiger partial charge >= 0.3 is 0 Å². The average molecular weight is 507 g/mol. The monoisotopic (exact) mass is 506 g/mol. The molecule has 3 aromatic rings. The van der Waals surface area contributed by atoms with Crippen LogP contribution in [0.3, 0.4) is 0 Å². The predicted octanol–water partition coefficient (Wildman–Crippen LogP) is 4.87. The van der Waals surface area contributed by atoms with Gasteiger partial charge in [0, 0.05) is 36.4 Å². The number of benzene rings is 2. The molecule has 1 aliphatic carbocycles. The van der Waals surface area contributed by atoms with Crippen LogP contribution in [0.15, 0.2) is 54.7 Å². The molecule has 2 aliphatic rings. The summed E-state index contributed by atoms with van der Waals surface area (Å²) in [6.07, 6.45) is 5.01. The smallest absolute Gasteiger partial charge is 0.251 e. The van der Waals surface area contributed by atoms with Gasteiger partial charge < -0.3 is 26.0 Å². The molecule has 1 saturated heterocycles. The number of para-hydroxylation sites is 2. The number of nitrogens with one attached hydrogen (secondary N) is 4. The Morgan fingerprint density at radius 1 is 0.917 bits per heavy atom. The molecule has 186 valence electrons. The highest BCUT2D eigenvalue weighted by atomic mass is 35.5. The van der Waals surface area contributed by atoms with Crippen LogP contribution in [0, 0.1) is 5.92 Å². The van der Waals surface area contributed by atoms with Crippen LogP contribution >= 0.6 is 11.6 Å². The molecule has 0 atom stereocenters. The molecule has 2 heterocycles. The minimum atomic E-state index is -0.102. The Kier molecular flexibility index (Phi) is 7.29. The molecule has 36 heavy (non-hydrogen) atoms. The van der Waals surface area contributed by atoms with Crippen LogP contribution < -0.4 is 21.3 Å². The van der Waals surface area contributed by atoms with E-state index in [0.717, 1.165) is 31.4 Å². The highest BCUT2D eigenvalue weighted by Crippen LogP contribution is 2.33. The SMILES string of the molecule is O=C(NC1CCOCC1)c1ccc(Nc2ncc(Cl)c(Nc3ccccc3NC(=O)C3CC3)n2)cc1. The molecule has 1 saturated carbocycles. The van der Waals surface area contributed by atoms with E-state index in [1.165, 1.54) is 6.20 Å². The van der Waals surface area contributed by atoms with E-state index in [9.17, 15) is 9.59 Å². The van der Waals surface area contributed by atoms with E-state index in [4.69, 9.17) is 16.3 Å². The second-order valence-electron chi connectivity index (χ2n) is 8.89. The zero-order valence-corrected chi connectivity index (χ0v) is 20.3. The maximum atomic E-state index is 12.5. The topological polar surface area (TPSA) is 117 Å². The fourth-order valence-electron chi connectivity index (χ4n) is 3.87. The predicted molar refractivity (Wildman–Crippen MR) is 139 cm³/mol. The van der Waals surface area contributed by atoms with Crippen LogP contribution in [0.2, 0.25) is 5.02 Å². The van der Waals surface area contributed by atoms with Gasteiger partial charge in [0.2, 0.25) is 11.9 Å². The van der Waals surface area contributed by atoms with E-state index in [0.29, 0.717) is 46.9 Å². The standard InChI is InChI=1S/C26H27ClN6O3/c27-20-15-28-26(30-18-9-7-17(8-10-18)24(34)29-19-11-13-36-14-12-19)33-23(20)31-21-3-1-2-4-22(21)32-25(35)16-5-6-16/h1-4,7-10,15-16,19H,5-6,11-14H2,(H,29,34)(H,32,35)(H2,28,30,31,33). The Bertz CT molecular complexity index is 1240. The molecular formula is C26H27ClN6O3. The van der Waals surface area contributed by atoms with E-state index in [-0.39, 0.29) is 23.8 Å². The molecule has 2 amide bonds. The van der Waals surface area contributed by atoms with Gasteiger partial charge in [0.05, 0.1) is 17.6 Å². The summed E-state index contributed by atoms with van der Waals surface area (Å²) in [5.41, 5.74) is 2.64. The molecule has 0 unspecified atom stereocenters. The number of carbonyl (C=O) groups excluding carboxylic acids is 2. The lowest BCUT2D eigenvalue weighted by Gasteiger charge is -2.23. The molecule has 10 heteroatoms. The Balaban J connectivity index is 1.24. The second kappa shape index (κ2) is 10.9. The van der Waals surface area contributed by atoms with Crippen LogP contribution in [0.5, 0.6) is 0 Å². The number of carbonyl (C=O) groups is 2. The van der Waals surface area contributed by atoms with Crippen molar-refractivity contribution in [2.24, 2.45) is 5.92 Å². The van der Waals surface area contributed by atoms with Gasteiger partial charge in [0.1, 0.15) is 5.02 Å². The molecular weight excluding hydrogens is 480 g/mol. The Hall–Kier alpha value is -3.69. The first-order valence-corrected chi connectivity index (χ1v) is 12.4. The van der Waals surface area contributed by atoms with Crippen molar-refractivity contribution < 1.29 is 14.3 Å². The van der Waals surface area contributed by atoms with Crippen molar-refractivity contribution in [1.29, 1.82) is 0 Å². The van der Waals surface area contributed by atoms with Crippen molar-refractivity contribution in [3.8, 4) is 0 Å². The third kappa shape index (κ3) is 6.10. The summed E-state index contributed by atoms with van der Waals surface area (Å²) in [4.78, 5) is 33.5. The maximum Gasteiger partial charge on any atom is 0.251 e. The number of hydrogen-bond acceptors (Lipinski definition) is 7. The summed E-state index contributed by atoms with van der Waals surface area (Å²) in [6.45, 7) is 1.35. The van der Waals surface area contributed by atoms with Crippen LogP contribution in [0.25, 0.3) is 0 Å². The van der Waals surface area contributed by atoms with Gasteiger partial charge in [0.15, 0.2) is 5.82 Å². The van der Waals surface area contributed by atoms with E-state index >= 15 is 0 Å². The molecule has 5 rings (SSSR count). The summed E-state index contributed by atoms with van der Waals surface area (Å²) in [7, 11) is 0. The van der Waals surface area contributed by atoms with Crippen molar-refractivity contribution in [2.75, 3.05) is 29.2 Å². The van der Waals surface area contributed by atoms with Crippen molar-refractivity contribution in [3.63, 3.8) is 0 Å². The first kappa shape index (κ1) is 24.0. The van der Waals surface area contributed by atoms with Gasteiger partial charge in [-0.05, 0) is 62.1 Å². The minimum Gasteiger partial charge on any atom is -0.381 e. The number of amides is 2. The molecule has 2 fully saturated rings. The van der Waals surface area contributed by atoms with Crippen LogP contribution in [-0.4, -0.2) is 41.0 Å². The van der Waals surface area contributed by atoms with Crippen LogP contribution in [0.1, 0.15) is 36.0 Å². The van der Waals surface area contributed by atoms with Gasteiger partial charge in [0.25, 0.3) is 5.91 Å². The lowest BCUT2D eigenvalue weighted by Crippen LogP contribution is -2.38. The van der Waals surface area contributed by atoms with Crippen molar-refractivity contribution in [3.05, 3.63) is 65.3 Å². The molecule has 1 aliphatic heterocycles. The summed E-state index contributed by atoms with van der Waals surface area (Å²) in [5.74, 6) is 0.742. The number of rotatable bonds is 8. The molecule has 2 aromatic carbocycles. The zero-order chi connectivity index (χ0) is 24.9. The molecule has 1 aromatic heterocycles. The summed E-state index contributed by atoms with van der Waals surface area (Å²) in [6, 6.07) is 14.6. The number of nitrogens with zero attached hydrogens (tertiary/aromatic N) is 2. The van der Waals surface area contributed by atoms with Crippen molar-refractivity contribution in [2.45, 2.75) is 31.7 Å². The lowest BCUT2D eigenvalue weighted by atomic mass is 10.1. The number of anilines is 5. The van der Waals surface area contributed by atoms with Gasteiger partial charge in [-0.1, -0.05) is 23.7 Å². The van der Waals surface area contributed by atoms with E-state index in [2.05, 4.69) is 31.2 Å². The average Bonchev–Trinajstić information content (AvgIpc) is 3.74. The fourth-order valence-corrected chi connectivity index (χ4v) is 4.01.